The molecule has 11 heteroatoms. The van der Waals surface area contributed by atoms with Crippen molar-refractivity contribution in [2.24, 2.45) is 0 Å². The van der Waals surface area contributed by atoms with E-state index in [0.717, 1.165) is 35.6 Å². The van der Waals surface area contributed by atoms with Crippen LogP contribution in [0.3, 0.4) is 0 Å². The molecule has 0 radical (unpaired) electrons. The number of thioether (sulfide) groups is 1. The van der Waals surface area contributed by atoms with E-state index < -0.39 is 5.97 Å². The smallest absolute Gasteiger partial charge is 0.350 e. The maximum atomic E-state index is 12.5. The molecule has 0 saturated heterocycles. The molecule has 0 aliphatic rings. The van der Waals surface area contributed by atoms with Crippen LogP contribution in [0.25, 0.3) is 11.4 Å². The Morgan fingerprint density at radius 1 is 1.34 bits per heavy atom. The number of nitrogens with zero attached hydrogens (tertiary/aromatic N) is 4. The van der Waals surface area contributed by atoms with Crippen LogP contribution in [-0.2, 0) is 22.5 Å². The molecule has 32 heavy (non-hydrogen) atoms. The summed E-state index contributed by atoms with van der Waals surface area (Å²) in [7, 11) is 0. The van der Waals surface area contributed by atoms with Gasteiger partial charge in [0.2, 0.25) is 5.91 Å². The number of carbonyl (C=O) groups excluding carboxylic acids is 2. The second-order valence-corrected chi connectivity index (χ2v) is 9.69. The Hall–Kier alpha value is -2.50. The van der Waals surface area contributed by atoms with Gasteiger partial charge in [0.25, 0.3) is 0 Å². The van der Waals surface area contributed by atoms with E-state index in [9.17, 15) is 9.59 Å². The first-order valence-corrected chi connectivity index (χ1v) is 12.8. The largest absolute Gasteiger partial charge is 0.462 e. The lowest BCUT2D eigenvalue weighted by Gasteiger charge is -2.06. The second kappa shape index (κ2) is 11.4. The minimum Gasteiger partial charge on any atom is -0.462 e. The molecule has 170 valence electrons. The van der Waals surface area contributed by atoms with E-state index in [1.54, 1.807) is 31.3 Å². The number of aromatic nitrogens is 4. The van der Waals surface area contributed by atoms with Crippen LogP contribution in [0.2, 0.25) is 0 Å². The SMILES string of the molecule is C=CCn1c(SCC(=O)Nc2nc(C)c(C(=O)OCC)s2)nnc1-c1csc(CCC)c1. The molecule has 0 fully saturated rings. The van der Waals surface area contributed by atoms with E-state index in [4.69, 9.17) is 4.74 Å². The number of carbonyl (C=O) groups is 2. The quantitative estimate of drug-likeness (QED) is 0.233. The lowest BCUT2D eigenvalue weighted by atomic mass is 10.2. The summed E-state index contributed by atoms with van der Waals surface area (Å²) in [5, 5.41) is 14.5. The van der Waals surface area contributed by atoms with Crippen molar-refractivity contribution in [2.75, 3.05) is 17.7 Å². The van der Waals surface area contributed by atoms with Crippen LogP contribution < -0.4 is 5.32 Å². The van der Waals surface area contributed by atoms with Gasteiger partial charge in [-0.25, -0.2) is 9.78 Å². The van der Waals surface area contributed by atoms with Gasteiger partial charge in [0.05, 0.1) is 18.1 Å². The fraction of sp³-hybridized carbons (Fsp3) is 0.381. The zero-order valence-electron chi connectivity index (χ0n) is 18.2. The van der Waals surface area contributed by atoms with Gasteiger partial charge in [0.15, 0.2) is 16.1 Å². The van der Waals surface area contributed by atoms with Crippen molar-refractivity contribution in [1.82, 2.24) is 19.7 Å². The zero-order valence-corrected chi connectivity index (χ0v) is 20.7. The van der Waals surface area contributed by atoms with Crippen molar-refractivity contribution in [3.05, 3.63) is 39.5 Å². The second-order valence-electron chi connectivity index (χ2n) is 6.75. The molecule has 0 spiro atoms. The van der Waals surface area contributed by atoms with Crippen LogP contribution in [0.5, 0.6) is 0 Å². The van der Waals surface area contributed by atoms with Crippen LogP contribution in [0, 0.1) is 6.92 Å². The van der Waals surface area contributed by atoms with Crippen LogP contribution in [0.1, 0.15) is 40.5 Å². The number of aryl methyl sites for hydroxylation is 2. The highest BCUT2D eigenvalue weighted by molar-refractivity contribution is 7.99. The van der Waals surface area contributed by atoms with E-state index in [1.165, 1.54) is 16.6 Å². The number of amides is 1. The molecule has 1 amide bonds. The number of thiazole rings is 1. The highest BCUT2D eigenvalue weighted by Crippen LogP contribution is 2.29. The number of ether oxygens (including phenoxy) is 1. The van der Waals surface area contributed by atoms with Gasteiger partial charge in [-0.1, -0.05) is 42.5 Å². The predicted octanol–water partition coefficient (Wildman–Crippen LogP) is 4.82. The summed E-state index contributed by atoms with van der Waals surface area (Å²) in [6.07, 6.45) is 3.91. The summed E-state index contributed by atoms with van der Waals surface area (Å²) < 4.78 is 6.97. The first-order valence-electron chi connectivity index (χ1n) is 10.2. The van der Waals surface area contributed by atoms with Gasteiger partial charge in [-0.3, -0.25) is 9.36 Å². The third-order valence-electron chi connectivity index (χ3n) is 4.27. The summed E-state index contributed by atoms with van der Waals surface area (Å²) in [5.74, 6) is 0.224. The third kappa shape index (κ3) is 5.84. The first-order chi connectivity index (χ1) is 15.5. The molecule has 0 atom stereocenters. The number of anilines is 1. The minimum atomic E-state index is -0.432. The molecule has 0 aliphatic heterocycles. The molecule has 3 heterocycles. The van der Waals surface area contributed by atoms with Gasteiger partial charge >= 0.3 is 5.97 Å². The van der Waals surface area contributed by atoms with E-state index >= 15 is 0 Å². The number of hydrogen-bond acceptors (Lipinski definition) is 9. The van der Waals surface area contributed by atoms with Crippen molar-refractivity contribution in [3.8, 4) is 11.4 Å². The van der Waals surface area contributed by atoms with Gasteiger partial charge in [-0.15, -0.1) is 28.1 Å². The topological polar surface area (TPSA) is 99.0 Å². The Kier molecular flexibility index (Phi) is 8.60. The predicted molar refractivity (Wildman–Crippen MR) is 130 cm³/mol. The van der Waals surface area contributed by atoms with Crippen LogP contribution in [0.15, 0.2) is 29.3 Å². The fourth-order valence-electron chi connectivity index (χ4n) is 2.90. The summed E-state index contributed by atoms with van der Waals surface area (Å²) in [5.41, 5.74) is 1.55. The zero-order chi connectivity index (χ0) is 23.1. The average Bonchev–Trinajstić information content (AvgIpc) is 3.46. The maximum Gasteiger partial charge on any atom is 0.350 e. The van der Waals surface area contributed by atoms with E-state index in [-0.39, 0.29) is 18.3 Å². The monoisotopic (exact) mass is 491 g/mol. The van der Waals surface area contributed by atoms with Crippen molar-refractivity contribution in [3.63, 3.8) is 0 Å². The highest BCUT2D eigenvalue weighted by atomic mass is 32.2. The van der Waals surface area contributed by atoms with E-state index in [1.807, 2.05) is 4.57 Å². The Labute approximate surface area is 199 Å². The standard InChI is InChI=1S/C21H25N5O3S3/c1-5-8-15-10-14(11-30-15)18-24-25-21(26(18)9-6-2)31-12-16(27)23-20-22-13(4)17(32-20)19(28)29-7-3/h6,10-11H,2,5,7-9,12H2,1,3-4H3,(H,22,23,27). The number of rotatable bonds is 11. The summed E-state index contributed by atoms with van der Waals surface area (Å²) in [6.45, 7) is 10.3. The molecule has 1 N–H and O–H groups in total. The van der Waals surface area contributed by atoms with Crippen molar-refractivity contribution >= 4 is 51.4 Å². The van der Waals surface area contributed by atoms with Crippen LogP contribution in [0.4, 0.5) is 5.13 Å². The van der Waals surface area contributed by atoms with Crippen molar-refractivity contribution in [1.29, 1.82) is 0 Å². The average molecular weight is 492 g/mol. The van der Waals surface area contributed by atoms with Crippen molar-refractivity contribution < 1.29 is 14.3 Å². The van der Waals surface area contributed by atoms with Gasteiger partial charge in [0.1, 0.15) is 4.88 Å². The lowest BCUT2D eigenvalue weighted by Crippen LogP contribution is -2.14. The van der Waals surface area contributed by atoms with Crippen LogP contribution >= 0.6 is 34.4 Å². The minimum absolute atomic E-state index is 0.132. The number of hydrogen-bond donors (Lipinski definition) is 1. The summed E-state index contributed by atoms with van der Waals surface area (Å²) in [6, 6.07) is 2.14. The van der Waals surface area contributed by atoms with E-state index in [2.05, 4.69) is 45.4 Å². The number of nitrogens with one attached hydrogen (secondary N) is 1. The normalized spacial score (nSPS) is 10.8. The van der Waals surface area contributed by atoms with Crippen molar-refractivity contribution in [2.45, 2.75) is 45.3 Å². The van der Waals surface area contributed by atoms with Gasteiger partial charge in [0, 0.05) is 22.4 Å². The first kappa shape index (κ1) is 24.1. The van der Waals surface area contributed by atoms with Gasteiger partial charge < -0.3 is 10.1 Å². The highest BCUT2D eigenvalue weighted by Gasteiger charge is 2.19. The third-order valence-corrected chi connectivity index (χ3v) is 7.29. The molecule has 3 aromatic rings. The molecular weight excluding hydrogens is 466 g/mol. The molecule has 0 aromatic carbocycles. The summed E-state index contributed by atoms with van der Waals surface area (Å²) >= 11 is 4.11. The number of thiophene rings is 1. The Morgan fingerprint density at radius 2 is 2.16 bits per heavy atom. The van der Waals surface area contributed by atoms with Gasteiger partial charge in [-0.2, -0.15) is 0 Å². The molecule has 0 bridgehead atoms. The maximum absolute atomic E-state index is 12.5. The molecule has 3 aromatic heterocycles. The summed E-state index contributed by atoms with van der Waals surface area (Å²) in [4.78, 5) is 30.4. The molecule has 0 aliphatic carbocycles. The molecule has 0 unspecified atom stereocenters. The Morgan fingerprint density at radius 3 is 2.88 bits per heavy atom. The lowest BCUT2D eigenvalue weighted by molar-refractivity contribution is -0.113. The molecular formula is C21H25N5O3S3. The Bertz CT molecular complexity index is 1100. The number of allylic oxidation sites excluding steroid dienone is 1. The van der Waals surface area contributed by atoms with Gasteiger partial charge in [-0.05, 0) is 26.3 Å². The van der Waals surface area contributed by atoms with Crippen LogP contribution in [-0.4, -0.2) is 44.0 Å². The molecule has 8 nitrogen and oxygen atoms in total. The number of esters is 1. The Balaban J connectivity index is 1.67. The fourth-order valence-corrected chi connectivity index (χ4v) is 5.49. The van der Waals surface area contributed by atoms with E-state index in [0.29, 0.717) is 27.4 Å². The molecule has 0 saturated carbocycles. The molecule has 3 rings (SSSR count).